The third-order valence-corrected chi connectivity index (χ3v) is 3.09. The minimum atomic E-state index is -0.266. The standard InChI is InChI=1S/C16H18FNO/c1-2-12-4-3-5-16(8-12)19-11-13-6-7-15(17)9-14(13)10-18/h3-9H,2,10-11,18H2,1H3. The third-order valence-electron chi connectivity index (χ3n) is 3.09. The SMILES string of the molecule is CCc1cccc(OCc2ccc(F)cc2CN)c1. The van der Waals surface area contributed by atoms with Crippen LogP contribution in [0, 0.1) is 5.82 Å². The lowest BCUT2D eigenvalue weighted by atomic mass is 10.1. The fourth-order valence-corrected chi connectivity index (χ4v) is 1.94. The van der Waals surface area contributed by atoms with Crippen molar-refractivity contribution in [2.45, 2.75) is 26.5 Å². The Morgan fingerprint density at radius 2 is 1.95 bits per heavy atom. The fourth-order valence-electron chi connectivity index (χ4n) is 1.94. The number of nitrogens with two attached hydrogens (primary N) is 1. The Morgan fingerprint density at radius 3 is 2.68 bits per heavy atom. The maximum atomic E-state index is 13.1. The van der Waals surface area contributed by atoms with Gasteiger partial charge in [0.2, 0.25) is 0 Å². The summed E-state index contributed by atoms with van der Waals surface area (Å²) in [6.07, 6.45) is 0.974. The second-order valence-corrected chi connectivity index (χ2v) is 4.41. The van der Waals surface area contributed by atoms with E-state index >= 15 is 0 Å². The van der Waals surface area contributed by atoms with Crippen LogP contribution >= 0.6 is 0 Å². The van der Waals surface area contributed by atoms with Crippen LogP contribution in [-0.2, 0) is 19.6 Å². The molecule has 0 bridgehead atoms. The van der Waals surface area contributed by atoms with Gasteiger partial charge in [0.1, 0.15) is 18.2 Å². The van der Waals surface area contributed by atoms with E-state index < -0.39 is 0 Å². The summed E-state index contributed by atoms with van der Waals surface area (Å²) in [7, 11) is 0. The molecule has 2 nitrogen and oxygen atoms in total. The van der Waals surface area contributed by atoms with Crippen molar-refractivity contribution in [1.82, 2.24) is 0 Å². The summed E-state index contributed by atoms with van der Waals surface area (Å²) in [6.45, 7) is 2.82. The van der Waals surface area contributed by atoms with E-state index in [-0.39, 0.29) is 5.82 Å². The molecule has 100 valence electrons. The predicted molar refractivity (Wildman–Crippen MR) is 74.4 cm³/mol. The lowest BCUT2D eigenvalue weighted by molar-refractivity contribution is 0.304. The van der Waals surface area contributed by atoms with Crippen molar-refractivity contribution in [2.24, 2.45) is 5.73 Å². The second-order valence-electron chi connectivity index (χ2n) is 4.41. The van der Waals surface area contributed by atoms with Gasteiger partial charge in [-0.15, -0.1) is 0 Å². The normalized spacial score (nSPS) is 10.5. The number of aryl methyl sites for hydroxylation is 1. The van der Waals surface area contributed by atoms with Crippen molar-refractivity contribution in [3.8, 4) is 5.75 Å². The lowest BCUT2D eigenvalue weighted by Crippen LogP contribution is -2.05. The molecule has 0 aliphatic heterocycles. The Morgan fingerprint density at radius 1 is 1.11 bits per heavy atom. The summed E-state index contributed by atoms with van der Waals surface area (Å²) in [5.41, 5.74) is 8.55. The van der Waals surface area contributed by atoms with Crippen molar-refractivity contribution in [1.29, 1.82) is 0 Å². The molecule has 0 saturated heterocycles. The molecule has 19 heavy (non-hydrogen) atoms. The Hall–Kier alpha value is -1.87. The highest BCUT2D eigenvalue weighted by Gasteiger charge is 2.04. The summed E-state index contributed by atoms with van der Waals surface area (Å²) in [4.78, 5) is 0. The molecule has 0 fully saturated rings. The molecule has 0 aromatic heterocycles. The molecule has 0 spiro atoms. The van der Waals surface area contributed by atoms with Crippen LogP contribution in [0.3, 0.4) is 0 Å². The molecular formula is C16H18FNO. The van der Waals surface area contributed by atoms with Gasteiger partial charge in [0, 0.05) is 6.54 Å². The van der Waals surface area contributed by atoms with Crippen LogP contribution < -0.4 is 10.5 Å². The first-order valence-electron chi connectivity index (χ1n) is 6.42. The first-order valence-corrected chi connectivity index (χ1v) is 6.42. The molecule has 0 heterocycles. The van der Waals surface area contributed by atoms with Gasteiger partial charge in [-0.25, -0.2) is 4.39 Å². The summed E-state index contributed by atoms with van der Waals surface area (Å²) in [6, 6.07) is 12.6. The van der Waals surface area contributed by atoms with Crippen LogP contribution in [0.2, 0.25) is 0 Å². The summed E-state index contributed by atoms with van der Waals surface area (Å²) >= 11 is 0. The number of hydrogen-bond acceptors (Lipinski definition) is 2. The van der Waals surface area contributed by atoms with Gasteiger partial charge in [0.25, 0.3) is 0 Å². The van der Waals surface area contributed by atoms with Crippen molar-refractivity contribution >= 4 is 0 Å². The van der Waals surface area contributed by atoms with Crippen molar-refractivity contribution in [3.63, 3.8) is 0 Å². The first kappa shape index (κ1) is 13.6. The van der Waals surface area contributed by atoms with Crippen molar-refractivity contribution in [2.75, 3.05) is 0 Å². The molecule has 0 amide bonds. The minimum absolute atomic E-state index is 0.266. The fraction of sp³-hybridized carbons (Fsp3) is 0.250. The Labute approximate surface area is 113 Å². The molecule has 2 aromatic rings. The van der Waals surface area contributed by atoms with Gasteiger partial charge in [-0.2, -0.15) is 0 Å². The van der Waals surface area contributed by atoms with Crippen LogP contribution in [0.5, 0.6) is 5.75 Å². The highest BCUT2D eigenvalue weighted by Crippen LogP contribution is 2.17. The van der Waals surface area contributed by atoms with Crippen LogP contribution in [-0.4, -0.2) is 0 Å². The predicted octanol–water partition coefficient (Wildman–Crippen LogP) is 3.43. The summed E-state index contributed by atoms with van der Waals surface area (Å²) in [5, 5.41) is 0. The average Bonchev–Trinajstić information content (AvgIpc) is 2.46. The molecule has 2 aromatic carbocycles. The molecule has 2 N–H and O–H groups in total. The zero-order chi connectivity index (χ0) is 13.7. The number of benzene rings is 2. The lowest BCUT2D eigenvalue weighted by Gasteiger charge is -2.11. The van der Waals surface area contributed by atoms with E-state index in [0.717, 1.165) is 23.3 Å². The minimum Gasteiger partial charge on any atom is -0.489 e. The molecule has 0 radical (unpaired) electrons. The highest BCUT2D eigenvalue weighted by molar-refractivity contribution is 5.31. The Balaban J connectivity index is 2.09. The van der Waals surface area contributed by atoms with Gasteiger partial charge < -0.3 is 10.5 Å². The van der Waals surface area contributed by atoms with Crippen LogP contribution in [0.4, 0.5) is 4.39 Å². The Bertz CT molecular complexity index is 554. The quantitative estimate of drug-likeness (QED) is 0.893. The van der Waals surface area contributed by atoms with E-state index in [4.69, 9.17) is 10.5 Å². The van der Waals surface area contributed by atoms with Gasteiger partial charge in [0.05, 0.1) is 0 Å². The van der Waals surface area contributed by atoms with Crippen LogP contribution in [0.25, 0.3) is 0 Å². The van der Waals surface area contributed by atoms with E-state index in [1.54, 1.807) is 6.07 Å². The summed E-state index contributed by atoms with van der Waals surface area (Å²) < 4.78 is 18.8. The zero-order valence-electron chi connectivity index (χ0n) is 11.0. The van der Waals surface area contributed by atoms with Gasteiger partial charge >= 0.3 is 0 Å². The molecule has 0 aliphatic rings. The number of hydrogen-bond donors (Lipinski definition) is 1. The number of rotatable bonds is 5. The van der Waals surface area contributed by atoms with Crippen molar-refractivity contribution in [3.05, 3.63) is 65.0 Å². The number of halogens is 1. The average molecular weight is 259 g/mol. The maximum Gasteiger partial charge on any atom is 0.123 e. The maximum absolute atomic E-state index is 13.1. The molecule has 0 aliphatic carbocycles. The van der Waals surface area contributed by atoms with Gasteiger partial charge in [-0.3, -0.25) is 0 Å². The van der Waals surface area contributed by atoms with Gasteiger partial charge in [0.15, 0.2) is 0 Å². The van der Waals surface area contributed by atoms with E-state index in [0.29, 0.717) is 13.2 Å². The van der Waals surface area contributed by atoms with Gasteiger partial charge in [-0.1, -0.05) is 25.1 Å². The van der Waals surface area contributed by atoms with E-state index in [2.05, 4.69) is 13.0 Å². The second kappa shape index (κ2) is 6.34. The molecule has 2 rings (SSSR count). The third kappa shape index (κ3) is 3.55. The summed E-state index contributed by atoms with van der Waals surface area (Å²) in [5.74, 6) is 0.559. The van der Waals surface area contributed by atoms with E-state index in [1.807, 2.05) is 18.2 Å². The Kier molecular flexibility index (Phi) is 4.53. The smallest absolute Gasteiger partial charge is 0.123 e. The largest absolute Gasteiger partial charge is 0.489 e. The molecule has 0 saturated carbocycles. The van der Waals surface area contributed by atoms with E-state index in [9.17, 15) is 4.39 Å². The molecule has 3 heteroatoms. The van der Waals surface area contributed by atoms with Gasteiger partial charge in [-0.05, 0) is 47.4 Å². The first-order chi connectivity index (χ1) is 9.22. The topological polar surface area (TPSA) is 35.2 Å². The number of ether oxygens (including phenoxy) is 1. The molecule has 0 unspecified atom stereocenters. The van der Waals surface area contributed by atoms with E-state index in [1.165, 1.54) is 17.7 Å². The zero-order valence-corrected chi connectivity index (χ0v) is 11.0. The highest BCUT2D eigenvalue weighted by atomic mass is 19.1. The molecule has 0 atom stereocenters. The van der Waals surface area contributed by atoms with Crippen molar-refractivity contribution < 1.29 is 9.13 Å². The monoisotopic (exact) mass is 259 g/mol. The molecular weight excluding hydrogens is 241 g/mol. The van der Waals surface area contributed by atoms with Crippen LogP contribution in [0.1, 0.15) is 23.6 Å². The van der Waals surface area contributed by atoms with Crippen LogP contribution in [0.15, 0.2) is 42.5 Å².